The Morgan fingerprint density at radius 2 is 2.15 bits per heavy atom. The molecule has 6 nitrogen and oxygen atoms in total. The summed E-state index contributed by atoms with van der Waals surface area (Å²) in [7, 11) is 0. The highest BCUT2D eigenvalue weighted by Gasteiger charge is 2.10. The molecular weight excluding hydrogens is 256 g/mol. The zero-order chi connectivity index (χ0) is 14.2. The Morgan fingerprint density at radius 3 is 2.90 bits per heavy atom. The highest BCUT2D eigenvalue weighted by atomic mass is 16.5. The van der Waals surface area contributed by atoms with Crippen LogP contribution in [0.3, 0.4) is 0 Å². The molecule has 1 N–H and O–H groups in total. The van der Waals surface area contributed by atoms with Crippen molar-refractivity contribution in [2.45, 2.75) is 13.3 Å². The molecule has 1 amide bonds. The summed E-state index contributed by atoms with van der Waals surface area (Å²) in [5.74, 6) is -0.219. The number of amides is 1. The van der Waals surface area contributed by atoms with E-state index in [4.69, 9.17) is 4.74 Å². The Hall–Kier alpha value is -2.21. The number of carbonyl (C=O) groups is 1. The van der Waals surface area contributed by atoms with E-state index < -0.39 is 0 Å². The first-order chi connectivity index (χ1) is 9.81. The van der Waals surface area contributed by atoms with Gasteiger partial charge >= 0.3 is 0 Å². The number of para-hydroxylation sites is 1. The maximum Gasteiger partial charge on any atom is 0.273 e. The van der Waals surface area contributed by atoms with E-state index in [9.17, 15) is 4.79 Å². The van der Waals surface area contributed by atoms with Gasteiger partial charge in [0.05, 0.1) is 11.9 Å². The number of hydrogen-bond acceptors (Lipinski definition) is 4. The van der Waals surface area contributed by atoms with Crippen molar-refractivity contribution in [2.24, 2.45) is 0 Å². The van der Waals surface area contributed by atoms with Gasteiger partial charge in [0.25, 0.3) is 5.91 Å². The molecule has 0 aliphatic carbocycles. The van der Waals surface area contributed by atoms with E-state index in [1.807, 2.05) is 37.3 Å². The lowest BCUT2D eigenvalue weighted by Gasteiger charge is -2.03. The summed E-state index contributed by atoms with van der Waals surface area (Å²) in [5.41, 5.74) is 1.13. The van der Waals surface area contributed by atoms with Crippen LogP contribution >= 0.6 is 0 Å². The fourth-order valence-electron chi connectivity index (χ4n) is 1.66. The van der Waals surface area contributed by atoms with Crippen LogP contribution in [0.15, 0.2) is 36.5 Å². The molecule has 20 heavy (non-hydrogen) atoms. The van der Waals surface area contributed by atoms with Crippen molar-refractivity contribution in [1.29, 1.82) is 0 Å². The van der Waals surface area contributed by atoms with Crippen molar-refractivity contribution in [3.05, 3.63) is 42.2 Å². The van der Waals surface area contributed by atoms with Crippen LogP contribution in [0.25, 0.3) is 5.69 Å². The molecule has 0 spiro atoms. The van der Waals surface area contributed by atoms with Crippen LogP contribution in [0.4, 0.5) is 0 Å². The van der Waals surface area contributed by atoms with Gasteiger partial charge in [-0.25, -0.2) is 0 Å². The fourth-order valence-corrected chi connectivity index (χ4v) is 1.66. The zero-order valence-corrected chi connectivity index (χ0v) is 11.5. The molecule has 0 fully saturated rings. The molecule has 6 heteroatoms. The number of hydrogen-bond donors (Lipinski definition) is 1. The number of nitrogens with zero attached hydrogens (tertiary/aromatic N) is 3. The highest BCUT2D eigenvalue weighted by Crippen LogP contribution is 2.04. The summed E-state index contributed by atoms with van der Waals surface area (Å²) < 4.78 is 5.20. The minimum atomic E-state index is -0.219. The molecular formula is C14H18N4O2. The van der Waals surface area contributed by atoms with Crippen molar-refractivity contribution >= 4 is 5.91 Å². The van der Waals surface area contributed by atoms with E-state index in [2.05, 4.69) is 15.5 Å². The molecule has 106 valence electrons. The quantitative estimate of drug-likeness (QED) is 0.775. The van der Waals surface area contributed by atoms with E-state index in [0.29, 0.717) is 25.5 Å². The molecule has 0 radical (unpaired) electrons. The fraction of sp³-hybridized carbons (Fsp3) is 0.357. The Kier molecular flexibility index (Phi) is 5.25. The molecule has 0 saturated carbocycles. The summed E-state index contributed by atoms with van der Waals surface area (Å²) in [5, 5.41) is 11.0. The second-order valence-corrected chi connectivity index (χ2v) is 4.16. The standard InChI is InChI=1S/C14H18N4O2/c1-2-20-10-6-9-15-14(19)13-11-16-18(17-13)12-7-4-3-5-8-12/h3-5,7-8,11H,2,6,9-10H2,1H3,(H,15,19). The van der Waals surface area contributed by atoms with Crippen LogP contribution in [-0.4, -0.2) is 40.7 Å². The molecule has 0 atom stereocenters. The van der Waals surface area contributed by atoms with Gasteiger partial charge in [0.15, 0.2) is 5.69 Å². The van der Waals surface area contributed by atoms with E-state index >= 15 is 0 Å². The maximum atomic E-state index is 11.9. The molecule has 2 aromatic rings. The SMILES string of the molecule is CCOCCCNC(=O)c1cnn(-c2ccccc2)n1. The molecule has 2 rings (SSSR count). The summed E-state index contributed by atoms with van der Waals surface area (Å²) in [4.78, 5) is 13.3. The van der Waals surface area contributed by atoms with Gasteiger partial charge < -0.3 is 10.1 Å². The average molecular weight is 274 g/mol. The van der Waals surface area contributed by atoms with Crippen LogP contribution < -0.4 is 5.32 Å². The second kappa shape index (κ2) is 7.40. The van der Waals surface area contributed by atoms with Crippen molar-refractivity contribution in [2.75, 3.05) is 19.8 Å². The third-order valence-corrected chi connectivity index (χ3v) is 2.67. The van der Waals surface area contributed by atoms with Crippen molar-refractivity contribution in [3.8, 4) is 5.69 Å². The second-order valence-electron chi connectivity index (χ2n) is 4.16. The van der Waals surface area contributed by atoms with Crippen LogP contribution in [0.1, 0.15) is 23.8 Å². The monoisotopic (exact) mass is 274 g/mol. The van der Waals surface area contributed by atoms with Gasteiger partial charge in [-0.3, -0.25) is 4.79 Å². The van der Waals surface area contributed by atoms with E-state index in [0.717, 1.165) is 12.1 Å². The summed E-state index contributed by atoms with van der Waals surface area (Å²) in [6.45, 7) is 3.85. The first kappa shape index (κ1) is 14.2. The normalized spacial score (nSPS) is 10.4. The van der Waals surface area contributed by atoms with Crippen molar-refractivity contribution in [3.63, 3.8) is 0 Å². The van der Waals surface area contributed by atoms with Crippen LogP contribution in [0, 0.1) is 0 Å². The molecule has 0 bridgehead atoms. The minimum Gasteiger partial charge on any atom is -0.382 e. The van der Waals surface area contributed by atoms with Crippen LogP contribution in [0.2, 0.25) is 0 Å². The zero-order valence-electron chi connectivity index (χ0n) is 11.5. The molecule has 1 aromatic heterocycles. The Balaban J connectivity index is 1.87. The van der Waals surface area contributed by atoms with Crippen LogP contribution in [-0.2, 0) is 4.74 Å². The minimum absolute atomic E-state index is 0.219. The number of nitrogens with one attached hydrogen (secondary N) is 1. The van der Waals surface area contributed by atoms with Gasteiger partial charge in [0, 0.05) is 19.8 Å². The van der Waals surface area contributed by atoms with E-state index in [1.165, 1.54) is 11.0 Å². The summed E-state index contributed by atoms with van der Waals surface area (Å²) >= 11 is 0. The average Bonchev–Trinajstić information content (AvgIpc) is 2.98. The highest BCUT2D eigenvalue weighted by molar-refractivity contribution is 5.91. The number of benzene rings is 1. The lowest BCUT2D eigenvalue weighted by atomic mass is 10.3. The number of rotatable bonds is 7. The molecule has 0 aliphatic rings. The Labute approximate surface area is 117 Å². The Bertz CT molecular complexity index is 539. The summed E-state index contributed by atoms with van der Waals surface area (Å²) in [6.07, 6.45) is 2.25. The molecule has 1 aromatic carbocycles. The lowest BCUT2D eigenvalue weighted by molar-refractivity contribution is 0.0939. The van der Waals surface area contributed by atoms with Gasteiger partial charge in [0.1, 0.15) is 0 Å². The first-order valence-corrected chi connectivity index (χ1v) is 6.65. The molecule has 0 unspecified atom stereocenters. The molecule has 0 aliphatic heterocycles. The topological polar surface area (TPSA) is 69.0 Å². The van der Waals surface area contributed by atoms with Gasteiger partial charge in [-0.1, -0.05) is 18.2 Å². The van der Waals surface area contributed by atoms with Crippen molar-refractivity contribution in [1.82, 2.24) is 20.3 Å². The number of aromatic nitrogens is 3. The number of ether oxygens (including phenoxy) is 1. The third-order valence-electron chi connectivity index (χ3n) is 2.67. The van der Waals surface area contributed by atoms with Gasteiger partial charge in [0.2, 0.25) is 0 Å². The Morgan fingerprint density at radius 1 is 1.35 bits per heavy atom. The van der Waals surface area contributed by atoms with Gasteiger partial charge in [-0.15, -0.1) is 5.10 Å². The van der Waals surface area contributed by atoms with E-state index in [-0.39, 0.29) is 5.91 Å². The molecule has 1 heterocycles. The number of carbonyl (C=O) groups excluding carboxylic acids is 1. The third kappa shape index (κ3) is 3.89. The summed E-state index contributed by atoms with van der Waals surface area (Å²) in [6, 6.07) is 9.46. The molecule has 0 saturated heterocycles. The van der Waals surface area contributed by atoms with E-state index in [1.54, 1.807) is 0 Å². The maximum absolute atomic E-state index is 11.9. The van der Waals surface area contributed by atoms with Crippen LogP contribution in [0.5, 0.6) is 0 Å². The van der Waals surface area contributed by atoms with Crippen molar-refractivity contribution < 1.29 is 9.53 Å². The van der Waals surface area contributed by atoms with Gasteiger partial charge in [-0.05, 0) is 25.5 Å². The predicted octanol–water partition coefficient (Wildman–Crippen LogP) is 1.42. The first-order valence-electron chi connectivity index (χ1n) is 6.65. The smallest absolute Gasteiger partial charge is 0.273 e. The largest absolute Gasteiger partial charge is 0.382 e. The van der Waals surface area contributed by atoms with Gasteiger partial charge in [-0.2, -0.15) is 9.90 Å². The lowest BCUT2D eigenvalue weighted by Crippen LogP contribution is -2.25. The predicted molar refractivity (Wildman–Crippen MR) is 74.8 cm³/mol.